The summed E-state index contributed by atoms with van der Waals surface area (Å²) in [5.74, 6) is 0.418. The summed E-state index contributed by atoms with van der Waals surface area (Å²) >= 11 is 1.71. The molecule has 1 fully saturated rings. The van der Waals surface area contributed by atoms with Crippen molar-refractivity contribution in [2.24, 2.45) is 5.41 Å². The van der Waals surface area contributed by atoms with Gasteiger partial charge in [-0.2, -0.15) is 0 Å². The van der Waals surface area contributed by atoms with Gasteiger partial charge in [0.25, 0.3) is 0 Å². The van der Waals surface area contributed by atoms with E-state index in [1.54, 1.807) is 18.7 Å². The highest BCUT2D eigenvalue weighted by atomic mass is 32.2. The van der Waals surface area contributed by atoms with Crippen LogP contribution < -0.4 is 5.32 Å². The molecular formula is C21H35NO4S. The minimum Gasteiger partial charge on any atom is -0.474 e. The fourth-order valence-corrected chi connectivity index (χ4v) is 4.69. The standard InChI is InChI=1S/C21H35NO4S/c1-7-15-13-26-18(12-17(15)20(3,4)14(2)23)22-19(24)21(5,6)27-16-8-10-25-11-9-16/h12,14,16,23H,7-11,13H2,1-6H3,(H,22,24). The van der Waals surface area contributed by atoms with Gasteiger partial charge in [-0.15, -0.1) is 11.8 Å². The highest BCUT2D eigenvalue weighted by molar-refractivity contribution is 8.01. The Hall–Kier alpha value is -0.980. The number of aliphatic hydroxyl groups is 1. The molecule has 2 aliphatic rings. The number of carbonyl (C=O) groups is 1. The third kappa shape index (κ3) is 5.52. The van der Waals surface area contributed by atoms with E-state index in [0.717, 1.165) is 43.6 Å². The van der Waals surface area contributed by atoms with Crippen LogP contribution in [0.25, 0.3) is 0 Å². The number of amides is 1. The van der Waals surface area contributed by atoms with E-state index >= 15 is 0 Å². The van der Waals surface area contributed by atoms with E-state index in [1.165, 1.54) is 0 Å². The minimum atomic E-state index is -0.555. The molecule has 154 valence electrons. The Morgan fingerprint density at radius 2 is 1.96 bits per heavy atom. The molecule has 0 aromatic carbocycles. The number of hydrogen-bond donors (Lipinski definition) is 2. The van der Waals surface area contributed by atoms with Crippen LogP contribution in [-0.4, -0.2) is 46.9 Å². The normalized spacial score (nSPS) is 20.8. The number of aliphatic hydroxyl groups excluding tert-OH is 1. The summed E-state index contributed by atoms with van der Waals surface area (Å²) in [5.41, 5.74) is 1.81. The van der Waals surface area contributed by atoms with Crippen molar-refractivity contribution >= 4 is 17.7 Å². The highest BCUT2D eigenvalue weighted by Crippen LogP contribution is 2.38. The van der Waals surface area contributed by atoms with Crippen LogP contribution in [0.4, 0.5) is 0 Å². The largest absolute Gasteiger partial charge is 0.474 e. The molecule has 27 heavy (non-hydrogen) atoms. The molecule has 5 nitrogen and oxygen atoms in total. The molecule has 0 radical (unpaired) electrons. The van der Waals surface area contributed by atoms with Crippen molar-refractivity contribution in [3.05, 3.63) is 23.1 Å². The van der Waals surface area contributed by atoms with Crippen molar-refractivity contribution in [2.75, 3.05) is 19.8 Å². The number of thioether (sulfide) groups is 1. The second-order valence-electron chi connectivity index (χ2n) is 8.46. The first kappa shape index (κ1) is 22.3. The van der Waals surface area contributed by atoms with Crippen LogP contribution in [0.2, 0.25) is 0 Å². The van der Waals surface area contributed by atoms with Crippen LogP contribution in [-0.2, 0) is 14.3 Å². The Kier molecular flexibility index (Phi) is 7.45. The van der Waals surface area contributed by atoms with Crippen LogP contribution in [0.15, 0.2) is 23.1 Å². The molecule has 2 rings (SSSR count). The fraction of sp³-hybridized carbons (Fsp3) is 0.762. The molecule has 2 aliphatic heterocycles. The zero-order valence-corrected chi connectivity index (χ0v) is 18.4. The molecule has 1 unspecified atom stereocenters. The topological polar surface area (TPSA) is 67.8 Å². The lowest BCUT2D eigenvalue weighted by Gasteiger charge is -2.35. The quantitative estimate of drug-likeness (QED) is 0.684. The average Bonchev–Trinajstić information content (AvgIpc) is 2.62. The van der Waals surface area contributed by atoms with Gasteiger partial charge in [0.05, 0.1) is 10.9 Å². The lowest BCUT2D eigenvalue weighted by molar-refractivity contribution is -0.122. The number of allylic oxidation sites excluding steroid dienone is 1. The van der Waals surface area contributed by atoms with Gasteiger partial charge in [0, 0.05) is 30.0 Å². The van der Waals surface area contributed by atoms with Gasteiger partial charge in [0.1, 0.15) is 6.61 Å². The first-order chi connectivity index (χ1) is 12.6. The molecule has 0 aromatic heterocycles. The molecular weight excluding hydrogens is 362 g/mol. The fourth-order valence-electron chi connectivity index (χ4n) is 3.28. The summed E-state index contributed by atoms with van der Waals surface area (Å²) in [6, 6.07) is 0. The third-order valence-electron chi connectivity index (χ3n) is 5.64. The van der Waals surface area contributed by atoms with Gasteiger partial charge in [0.2, 0.25) is 5.91 Å². The number of nitrogens with one attached hydrogen (secondary N) is 1. The van der Waals surface area contributed by atoms with E-state index in [1.807, 2.05) is 33.8 Å². The molecule has 0 spiro atoms. The summed E-state index contributed by atoms with van der Waals surface area (Å²) in [5, 5.41) is 13.6. The van der Waals surface area contributed by atoms with Gasteiger partial charge in [-0.25, -0.2) is 0 Å². The average molecular weight is 398 g/mol. The Bertz CT molecular complexity index is 601. The van der Waals surface area contributed by atoms with Crippen LogP contribution in [0.1, 0.15) is 60.8 Å². The van der Waals surface area contributed by atoms with Crippen LogP contribution >= 0.6 is 11.8 Å². The van der Waals surface area contributed by atoms with Crippen molar-refractivity contribution in [1.82, 2.24) is 5.32 Å². The van der Waals surface area contributed by atoms with Gasteiger partial charge < -0.3 is 14.6 Å². The summed E-state index contributed by atoms with van der Waals surface area (Å²) in [6.45, 7) is 13.8. The van der Waals surface area contributed by atoms with Gasteiger partial charge in [0.15, 0.2) is 5.88 Å². The maximum absolute atomic E-state index is 12.9. The molecule has 0 saturated carbocycles. The van der Waals surface area contributed by atoms with Crippen molar-refractivity contribution in [3.63, 3.8) is 0 Å². The monoisotopic (exact) mass is 397 g/mol. The zero-order chi connectivity index (χ0) is 20.2. The number of carbonyl (C=O) groups excluding carboxylic acids is 1. The molecule has 1 atom stereocenters. The van der Waals surface area contributed by atoms with E-state index in [9.17, 15) is 9.90 Å². The van der Waals surface area contributed by atoms with E-state index < -0.39 is 16.3 Å². The summed E-state index contributed by atoms with van der Waals surface area (Å²) < 4.78 is 10.7. The van der Waals surface area contributed by atoms with Crippen molar-refractivity contribution in [1.29, 1.82) is 0 Å². The Morgan fingerprint density at radius 3 is 2.52 bits per heavy atom. The van der Waals surface area contributed by atoms with Crippen molar-refractivity contribution < 1.29 is 19.4 Å². The molecule has 1 amide bonds. The van der Waals surface area contributed by atoms with Crippen molar-refractivity contribution in [3.8, 4) is 0 Å². The SMILES string of the molecule is CCC1=C(C(C)(C)C(C)O)C=C(NC(=O)C(C)(C)SC2CCOCC2)OC1. The molecule has 2 N–H and O–H groups in total. The Balaban J connectivity index is 2.12. The molecule has 0 aromatic rings. The first-order valence-corrected chi connectivity index (χ1v) is 10.8. The van der Waals surface area contributed by atoms with E-state index in [2.05, 4.69) is 12.2 Å². The third-order valence-corrected chi connectivity index (χ3v) is 7.22. The number of rotatable bonds is 7. The van der Waals surface area contributed by atoms with Gasteiger partial charge in [-0.1, -0.05) is 20.8 Å². The maximum Gasteiger partial charge on any atom is 0.242 e. The molecule has 0 aliphatic carbocycles. The zero-order valence-electron chi connectivity index (χ0n) is 17.6. The number of ether oxygens (including phenoxy) is 2. The summed E-state index contributed by atoms with van der Waals surface area (Å²) in [7, 11) is 0. The minimum absolute atomic E-state index is 0.0561. The molecule has 0 bridgehead atoms. The molecule has 2 heterocycles. The van der Waals surface area contributed by atoms with Crippen LogP contribution in [0, 0.1) is 5.41 Å². The van der Waals surface area contributed by atoms with Crippen LogP contribution in [0.3, 0.4) is 0 Å². The Morgan fingerprint density at radius 1 is 1.33 bits per heavy atom. The van der Waals surface area contributed by atoms with E-state index in [-0.39, 0.29) is 5.91 Å². The second-order valence-corrected chi connectivity index (χ2v) is 10.4. The van der Waals surface area contributed by atoms with Crippen LogP contribution in [0.5, 0.6) is 0 Å². The lowest BCUT2D eigenvalue weighted by Crippen LogP contribution is -2.42. The molecule has 1 saturated heterocycles. The smallest absolute Gasteiger partial charge is 0.242 e. The highest BCUT2D eigenvalue weighted by Gasteiger charge is 2.35. The second kappa shape index (κ2) is 9.01. The first-order valence-electron chi connectivity index (χ1n) is 9.90. The van der Waals surface area contributed by atoms with Gasteiger partial charge in [-0.3, -0.25) is 10.1 Å². The lowest BCUT2D eigenvalue weighted by atomic mass is 9.76. The molecule has 6 heteroatoms. The predicted molar refractivity (Wildman–Crippen MR) is 110 cm³/mol. The Labute approximate surface area is 168 Å². The number of hydrogen-bond acceptors (Lipinski definition) is 5. The van der Waals surface area contributed by atoms with E-state index in [0.29, 0.717) is 17.7 Å². The summed E-state index contributed by atoms with van der Waals surface area (Å²) in [6.07, 6.45) is 4.21. The van der Waals surface area contributed by atoms with Gasteiger partial charge in [-0.05, 0) is 51.2 Å². The maximum atomic E-state index is 12.9. The van der Waals surface area contributed by atoms with Crippen molar-refractivity contribution in [2.45, 2.75) is 76.9 Å². The van der Waals surface area contributed by atoms with Gasteiger partial charge >= 0.3 is 0 Å². The van der Waals surface area contributed by atoms with E-state index in [4.69, 9.17) is 9.47 Å². The predicted octanol–water partition coefficient (Wildman–Crippen LogP) is 3.78. The summed E-state index contributed by atoms with van der Waals surface area (Å²) in [4.78, 5) is 12.9.